The Morgan fingerprint density at radius 2 is 1.65 bits per heavy atom. The molecule has 0 aliphatic heterocycles. The SMILES string of the molecule is C[C@@H](NCC(=O)NCCCc1ccccc1)c1cccc2ccccc12. The summed E-state index contributed by atoms with van der Waals surface area (Å²) in [6.45, 7) is 3.14. The van der Waals surface area contributed by atoms with Crippen molar-refractivity contribution in [3.05, 3.63) is 83.9 Å². The van der Waals surface area contributed by atoms with Crippen LogP contribution in [0.3, 0.4) is 0 Å². The van der Waals surface area contributed by atoms with E-state index in [0.717, 1.165) is 12.8 Å². The standard InChI is InChI=1S/C23H26N2O/c1-18(21-15-7-13-20-12-5-6-14-22(20)21)25-17-23(26)24-16-8-11-19-9-3-2-4-10-19/h2-7,9-10,12-15,18,25H,8,11,16-17H2,1H3,(H,24,26)/t18-/m1/s1. The van der Waals surface area contributed by atoms with Crippen LogP contribution in [0.5, 0.6) is 0 Å². The number of benzene rings is 3. The van der Waals surface area contributed by atoms with Crippen molar-refractivity contribution in [1.29, 1.82) is 0 Å². The maximum Gasteiger partial charge on any atom is 0.233 e. The van der Waals surface area contributed by atoms with Crippen LogP contribution in [0.2, 0.25) is 0 Å². The fourth-order valence-corrected chi connectivity index (χ4v) is 3.21. The van der Waals surface area contributed by atoms with Crippen molar-refractivity contribution in [3.8, 4) is 0 Å². The first kappa shape index (κ1) is 18.2. The Kier molecular flexibility index (Phi) is 6.39. The average molecular weight is 346 g/mol. The molecule has 0 saturated carbocycles. The highest BCUT2D eigenvalue weighted by atomic mass is 16.1. The molecule has 0 bridgehead atoms. The van der Waals surface area contributed by atoms with E-state index < -0.39 is 0 Å². The van der Waals surface area contributed by atoms with Crippen LogP contribution in [0.25, 0.3) is 10.8 Å². The van der Waals surface area contributed by atoms with E-state index in [0.29, 0.717) is 13.1 Å². The molecule has 0 heterocycles. The van der Waals surface area contributed by atoms with E-state index in [4.69, 9.17) is 0 Å². The number of carbonyl (C=O) groups excluding carboxylic acids is 1. The van der Waals surface area contributed by atoms with Gasteiger partial charge in [-0.05, 0) is 41.7 Å². The molecular weight excluding hydrogens is 320 g/mol. The molecule has 3 rings (SSSR count). The largest absolute Gasteiger partial charge is 0.355 e. The predicted molar refractivity (Wildman–Crippen MR) is 108 cm³/mol. The van der Waals surface area contributed by atoms with Gasteiger partial charge in [-0.25, -0.2) is 0 Å². The molecule has 0 aromatic heterocycles. The summed E-state index contributed by atoms with van der Waals surface area (Å²) in [6.07, 6.45) is 1.94. The summed E-state index contributed by atoms with van der Waals surface area (Å²) >= 11 is 0. The molecule has 0 radical (unpaired) electrons. The van der Waals surface area contributed by atoms with Gasteiger partial charge in [0, 0.05) is 12.6 Å². The number of rotatable bonds is 8. The first-order valence-electron chi connectivity index (χ1n) is 9.26. The van der Waals surface area contributed by atoms with E-state index in [-0.39, 0.29) is 11.9 Å². The minimum atomic E-state index is 0.0464. The zero-order valence-electron chi connectivity index (χ0n) is 15.2. The molecule has 3 nitrogen and oxygen atoms in total. The molecular formula is C23H26N2O. The summed E-state index contributed by atoms with van der Waals surface area (Å²) in [6, 6.07) is 25.1. The number of hydrogen-bond acceptors (Lipinski definition) is 2. The Balaban J connectivity index is 1.43. The van der Waals surface area contributed by atoms with Gasteiger partial charge in [0.25, 0.3) is 0 Å². The first-order chi connectivity index (χ1) is 12.7. The van der Waals surface area contributed by atoms with Gasteiger partial charge in [-0.2, -0.15) is 0 Å². The maximum absolute atomic E-state index is 12.1. The van der Waals surface area contributed by atoms with Gasteiger partial charge in [-0.1, -0.05) is 72.8 Å². The lowest BCUT2D eigenvalue weighted by Crippen LogP contribution is -2.35. The second-order valence-corrected chi connectivity index (χ2v) is 6.61. The Hall–Kier alpha value is -2.65. The van der Waals surface area contributed by atoms with E-state index in [1.807, 2.05) is 24.3 Å². The van der Waals surface area contributed by atoms with E-state index in [1.165, 1.54) is 21.9 Å². The summed E-state index contributed by atoms with van der Waals surface area (Å²) in [4.78, 5) is 12.1. The first-order valence-corrected chi connectivity index (χ1v) is 9.26. The van der Waals surface area contributed by atoms with E-state index >= 15 is 0 Å². The fraction of sp³-hybridized carbons (Fsp3) is 0.261. The van der Waals surface area contributed by atoms with Crippen LogP contribution in [0.4, 0.5) is 0 Å². The van der Waals surface area contributed by atoms with E-state index in [1.54, 1.807) is 0 Å². The molecule has 1 amide bonds. The molecule has 2 N–H and O–H groups in total. The van der Waals surface area contributed by atoms with Gasteiger partial charge in [0.05, 0.1) is 6.54 Å². The van der Waals surface area contributed by atoms with Crippen LogP contribution in [0, 0.1) is 0 Å². The van der Waals surface area contributed by atoms with Crippen molar-refractivity contribution < 1.29 is 4.79 Å². The Labute approximate surface area is 155 Å². The Morgan fingerprint density at radius 3 is 2.50 bits per heavy atom. The van der Waals surface area contributed by atoms with Crippen LogP contribution in [0.15, 0.2) is 72.8 Å². The van der Waals surface area contributed by atoms with Gasteiger partial charge in [0.15, 0.2) is 0 Å². The van der Waals surface area contributed by atoms with Gasteiger partial charge in [-0.15, -0.1) is 0 Å². The van der Waals surface area contributed by atoms with Crippen molar-refractivity contribution in [2.75, 3.05) is 13.1 Å². The summed E-state index contributed by atoms with van der Waals surface area (Å²) in [7, 11) is 0. The van der Waals surface area contributed by atoms with Crippen LogP contribution in [-0.4, -0.2) is 19.0 Å². The van der Waals surface area contributed by atoms with Gasteiger partial charge >= 0.3 is 0 Å². The smallest absolute Gasteiger partial charge is 0.233 e. The second kappa shape index (κ2) is 9.16. The number of amides is 1. The van der Waals surface area contributed by atoms with E-state index in [2.05, 4.69) is 66.1 Å². The van der Waals surface area contributed by atoms with Gasteiger partial charge in [-0.3, -0.25) is 4.79 Å². The summed E-state index contributed by atoms with van der Waals surface area (Å²) < 4.78 is 0. The number of aryl methyl sites for hydroxylation is 1. The third-order valence-electron chi connectivity index (χ3n) is 4.67. The quantitative estimate of drug-likeness (QED) is 0.599. The second-order valence-electron chi connectivity index (χ2n) is 6.61. The number of carbonyl (C=O) groups is 1. The summed E-state index contributed by atoms with van der Waals surface area (Å²) in [5.74, 6) is 0.0464. The molecule has 3 heteroatoms. The number of fused-ring (bicyclic) bond motifs is 1. The molecule has 3 aromatic carbocycles. The maximum atomic E-state index is 12.1. The fourth-order valence-electron chi connectivity index (χ4n) is 3.21. The molecule has 3 aromatic rings. The monoisotopic (exact) mass is 346 g/mol. The minimum absolute atomic E-state index is 0.0464. The van der Waals surface area contributed by atoms with Crippen molar-refractivity contribution >= 4 is 16.7 Å². The van der Waals surface area contributed by atoms with Crippen LogP contribution in [-0.2, 0) is 11.2 Å². The number of hydrogen-bond donors (Lipinski definition) is 2. The average Bonchev–Trinajstić information content (AvgIpc) is 2.70. The zero-order chi connectivity index (χ0) is 18.2. The van der Waals surface area contributed by atoms with Crippen LogP contribution < -0.4 is 10.6 Å². The molecule has 26 heavy (non-hydrogen) atoms. The normalized spacial score (nSPS) is 12.0. The van der Waals surface area contributed by atoms with Crippen LogP contribution >= 0.6 is 0 Å². The Bertz CT molecular complexity index is 840. The molecule has 0 unspecified atom stereocenters. The van der Waals surface area contributed by atoms with Gasteiger partial charge < -0.3 is 10.6 Å². The molecule has 0 spiro atoms. The third-order valence-corrected chi connectivity index (χ3v) is 4.67. The topological polar surface area (TPSA) is 41.1 Å². The molecule has 0 fully saturated rings. The zero-order valence-corrected chi connectivity index (χ0v) is 15.2. The molecule has 134 valence electrons. The van der Waals surface area contributed by atoms with Crippen molar-refractivity contribution in [2.45, 2.75) is 25.8 Å². The highest BCUT2D eigenvalue weighted by molar-refractivity contribution is 5.86. The summed E-state index contributed by atoms with van der Waals surface area (Å²) in [5, 5.41) is 8.79. The number of nitrogens with one attached hydrogen (secondary N) is 2. The molecule has 0 aliphatic rings. The highest BCUT2D eigenvalue weighted by Gasteiger charge is 2.10. The third kappa shape index (κ3) is 4.93. The lowest BCUT2D eigenvalue weighted by atomic mass is 10.00. The van der Waals surface area contributed by atoms with Gasteiger partial charge in [0.2, 0.25) is 5.91 Å². The van der Waals surface area contributed by atoms with Crippen molar-refractivity contribution in [3.63, 3.8) is 0 Å². The highest BCUT2D eigenvalue weighted by Crippen LogP contribution is 2.23. The Morgan fingerprint density at radius 1 is 0.923 bits per heavy atom. The molecule has 1 atom stereocenters. The molecule has 0 saturated heterocycles. The van der Waals surface area contributed by atoms with Crippen molar-refractivity contribution in [2.24, 2.45) is 0 Å². The summed E-state index contributed by atoms with van der Waals surface area (Å²) in [5.41, 5.74) is 2.53. The van der Waals surface area contributed by atoms with Crippen molar-refractivity contribution in [1.82, 2.24) is 10.6 Å². The lowest BCUT2D eigenvalue weighted by molar-refractivity contribution is -0.120. The predicted octanol–water partition coefficient (Wildman–Crippen LogP) is 4.24. The lowest BCUT2D eigenvalue weighted by Gasteiger charge is -2.16. The molecule has 0 aliphatic carbocycles. The van der Waals surface area contributed by atoms with Crippen LogP contribution in [0.1, 0.15) is 30.5 Å². The van der Waals surface area contributed by atoms with Gasteiger partial charge in [0.1, 0.15) is 0 Å². The minimum Gasteiger partial charge on any atom is -0.355 e. The van der Waals surface area contributed by atoms with E-state index in [9.17, 15) is 4.79 Å².